The van der Waals surface area contributed by atoms with Crippen molar-refractivity contribution in [3.63, 3.8) is 0 Å². The van der Waals surface area contributed by atoms with Crippen molar-refractivity contribution in [2.75, 3.05) is 0 Å². The first kappa shape index (κ1) is 6.23. The summed E-state index contributed by atoms with van der Waals surface area (Å²) in [5.74, 6) is 0.278. The van der Waals surface area contributed by atoms with E-state index in [4.69, 9.17) is 12.2 Å². The Morgan fingerprint density at radius 2 is 2.50 bits per heavy atom. The quantitative estimate of drug-likeness (QED) is 0.481. The average molecular weight is 146 g/mol. The number of hydrogen-bond donors (Lipinski definition) is 0. The van der Waals surface area contributed by atoms with E-state index in [0.717, 1.165) is 4.20 Å². The first-order valence-electron chi connectivity index (χ1n) is 2.42. The maximum absolute atomic E-state index is 10.7. The fourth-order valence-electron chi connectivity index (χ4n) is 0.591. The summed E-state index contributed by atoms with van der Waals surface area (Å²) in [5, 5.41) is 0.127. The smallest absolute Gasteiger partial charge is 0.151 e. The lowest BCUT2D eigenvalue weighted by atomic mass is 10.2. The highest BCUT2D eigenvalue weighted by atomic mass is 32.2. The van der Waals surface area contributed by atoms with E-state index in [1.165, 1.54) is 11.8 Å². The zero-order valence-corrected chi connectivity index (χ0v) is 6.14. The molecule has 1 saturated heterocycles. The maximum Gasteiger partial charge on any atom is 0.151 e. The zero-order chi connectivity index (χ0) is 6.15. The van der Waals surface area contributed by atoms with Crippen LogP contribution in [0.2, 0.25) is 0 Å². The van der Waals surface area contributed by atoms with Crippen molar-refractivity contribution in [3.8, 4) is 0 Å². The van der Waals surface area contributed by atoms with E-state index in [1.54, 1.807) is 0 Å². The second kappa shape index (κ2) is 2.15. The van der Waals surface area contributed by atoms with Gasteiger partial charge in [0, 0.05) is 6.42 Å². The Labute approximate surface area is 57.8 Å². The molecule has 1 nitrogen and oxygen atoms in total. The Morgan fingerprint density at radius 3 is 2.62 bits per heavy atom. The third-order valence-corrected chi connectivity index (χ3v) is 2.54. The normalized spacial score (nSPS) is 29.4. The van der Waals surface area contributed by atoms with Gasteiger partial charge in [-0.1, -0.05) is 12.2 Å². The van der Waals surface area contributed by atoms with Crippen LogP contribution in [0.25, 0.3) is 0 Å². The van der Waals surface area contributed by atoms with Gasteiger partial charge < -0.3 is 0 Å². The predicted octanol–water partition coefficient (Wildman–Crippen LogP) is 1.41. The van der Waals surface area contributed by atoms with Crippen LogP contribution in [0.15, 0.2) is 0 Å². The van der Waals surface area contributed by atoms with Crippen LogP contribution in [0, 0.1) is 0 Å². The number of ketones is 1. The van der Waals surface area contributed by atoms with Gasteiger partial charge in [0.15, 0.2) is 5.78 Å². The van der Waals surface area contributed by atoms with E-state index < -0.39 is 0 Å². The van der Waals surface area contributed by atoms with Crippen LogP contribution < -0.4 is 0 Å². The molecular formula is C5H6OS2. The van der Waals surface area contributed by atoms with Gasteiger partial charge >= 0.3 is 0 Å². The minimum absolute atomic E-state index is 0.127. The van der Waals surface area contributed by atoms with Crippen molar-refractivity contribution in [3.05, 3.63) is 0 Å². The van der Waals surface area contributed by atoms with Crippen molar-refractivity contribution < 1.29 is 4.79 Å². The van der Waals surface area contributed by atoms with E-state index >= 15 is 0 Å². The molecule has 0 spiro atoms. The van der Waals surface area contributed by atoms with E-state index in [0.29, 0.717) is 6.42 Å². The van der Waals surface area contributed by atoms with Crippen LogP contribution in [0.4, 0.5) is 0 Å². The minimum Gasteiger partial charge on any atom is -0.298 e. The van der Waals surface area contributed by atoms with Crippen molar-refractivity contribution in [2.24, 2.45) is 0 Å². The molecule has 0 saturated carbocycles. The van der Waals surface area contributed by atoms with E-state index in [-0.39, 0.29) is 11.0 Å². The molecule has 8 heavy (non-hydrogen) atoms. The lowest BCUT2D eigenvalue weighted by Crippen LogP contribution is -2.03. The number of carbonyl (C=O) groups excluding carboxylic acids is 1. The Morgan fingerprint density at radius 1 is 1.88 bits per heavy atom. The second-order valence-corrected chi connectivity index (χ2v) is 3.96. The van der Waals surface area contributed by atoms with Crippen molar-refractivity contribution in [1.82, 2.24) is 0 Å². The van der Waals surface area contributed by atoms with Gasteiger partial charge in [0.1, 0.15) is 0 Å². The molecule has 1 aliphatic rings. The number of thioether (sulfide) groups is 1. The monoisotopic (exact) mass is 146 g/mol. The number of Topliss-reactive ketones (excluding diaryl/α,β-unsaturated/α-hetero) is 1. The van der Waals surface area contributed by atoms with Gasteiger partial charge in [-0.05, 0) is 6.92 Å². The SMILES string of the molecule is CC1SC(=S)CC1=O. The molecule has 0 aromatic carbocycles. The summed E-state index contributed by atoms with van der Waals surface area (Å²) in [6, 6.07) is 0. The van der Waals surface area contributed by atoms with Gasteiger partial charge in [-0.15, -0.1) is 11.8 Å². The first-order valence-corrected chi connectivity index (χ1v) is 3.71. The summed E-state index contributed by atoms with van der Waals surface area (Å²) < 4.78 is 0.850. The van der Waals surface area contributed by atoms with Crippen molar-refractivity contribution in [2.45, 2.75) is 18.6 Å². The van der Waals surface area contributed by atoms with Gasteiger partial charge in [0.2, 0.25) is 0 Å². The summed E-state index contributed by atoms with van der Waals surface area (Å²) in [7, 11) is 0. The van der Waals surface area contributed by atoms with E-state index in [9.17, 15) is 4.79 Å². The summed E-state index contributed by atoms with van der Waals surface area (Å²) in [6.07, 6.45) is 0.515. The largest absolute Gasteiger partial charge is 0.298 e. The molecule has 1 unspecified atom stereocenters. The molecule has 1 fully saturated rings. The van der Waals surface area contributed by atoms with Crippen LogP contribution in [-0.2, 0) is 4.79 Å². The minimum atomic E-state index is 0.127. The highest BCUT2D eigenvalue weighted by molar-refractivity contribution is 8.24. The Bertz CT molecular complexity index is 141. The molecular weight excluding hydrogens is 140 g/mol. The third kappa shape index (κ3) is 1.09. The van der Waals surface area contributed by atoms with Crippen molar-refractivity contribution >= 4 is 34.0 Å². The summed E-state index contributed by atoms with van der Waals surface area (Å²) in [4.78, 5) is 10.7. The molecule has 3 heteroatoms. The molecule has 1 atom stereocenters. The summed E-state index contributed by atoms with van der Waals surface area (Å²) >= 11 is 6.33. The molecule has 1 aliphatic heterocycles. The molecule has 0 N–H and O–H groups in total. The first-order chi connectivity index (χ1) is 3.70. The summed E-state index contributed by atoms with van der Waals surface area (Å²) in [6.45, 7) is 1.90. The van der Waals surface area contributed by atoms with Crippen LogP contribution >= 0.6 is 24.0 Å². The molecule has 0 amide bonds. The predicted molar refractivity (Wildman–Crippen MR) is 39.3 cm³/mol. The lowest BCUT2D eigenvalue weighted by Gasteiger charge is -1.90. The Balaban J connectivity index is 2.64. The molecule has 1 rings (SSSR count). The Kier molecular flexibility index (Phi) is 1.68. The molecule has 0 bridgehead atoms. The molecule has 44 valence electrons. The highest BCUT2D eigenvalue weighted by Gasteiger charge is 2.24. The van der Waals surface area contributed by atoms with E-state index in [1.807, 2.05) is 6.92 Å². The Hall–Kier alpha value is 0.110. The fourth-order valence-corrected chi connectivity index (χ4v) is 2.00. The molecule has 0 aromatic rings. The third-order valence-electron chi connectivity index (χ3n) is 1.08. The van der Waals surface area contributed by atoms with Crippen LogP contribution in [0.3, 0.4) is 0 Å². The molecule has 0 aliphatic carbocycles. The number of carbonyl (C=O) groups is 1. The average Bonchev–Trinajstić information content (AvgIpc) is 1.85. The second-order valence-electron chi connectivity index (χ2n) is 1.78. The molecule has 0 aromatic heterocycles. The number of thiocarbonyl (C=S) groups is 1. The fraction of sp³-hybridized carbons (Fsp3) is 0.600. The van der Waals surface area contributed by atoms with Crippen molar-refractivity contribution in [1.29, 1.82) is 0 Å². The lowest BCUT2D eigenvalue weighted by molar-refractivity contribution is -0.116. The molecule has 1 heterocycles. The van der Waals surface area contributed by atoms with E-state index in [2.05, 4.69) is 0 Å². The van der Waals surface area contributed by atoms with Gasteiger partial charge in [-0.2, -0.15) is 0 Å². The van der Waals surface area contributed by atoms with Gasteiger partial charge in [-0.3, -0.25) is 4.79 Å². The zero-order valence-electron chi connectivity index (χ0n) is 4.51. The number of rotatable bonds is 0. The van der Waals surface area contributed by atoms with Crippen LogP contribution in [-0.4, -0.2) is 15.2 Å². The molecule has 0 radical (unpaired) electrons. The van der Waals surface area contributed by atoms with Crippen LogP contribution in [0.5, 0.6) is 0 Å². The highest BCUT2D eigenvalue weighted by Crippen LogP contribution is 2.25. The van der Waals surface area contributed by atoms with Crippen LogP contribution in [0.1, 0.15) is 13.3 Å². The topological polar surface area (TPSA) is 17.1 Å². The maximum atomic E-state index is 10.7. The summed E-state index contributed by atoms with van der Waals surface area (Å²) in [5.41, 5.74) is 0. The number of hydrogen-bond acceptors (Lipinski definition) is 3. The standard InChI is InChI=1S/C5H6OS2/c1-3-4(6)2-5(7)8-3/h3H,2H2,1H3. The van der Waals surface area contributed by atoms with Gasteiger partial charge in [0.05, 0.1) is 9.45 Å². The van der Waals surface area contributed by atoms with Gasteiger partial charge in [-0.25, -0.2) is 0 Å². The van der Waals surface area contributed by atoms with Gasteiger partial charge in [0.25, 0.3) is 0 Å².